The number of hydrogen-bond acceptors (Lipinski definition) is 0. The Morgan fingerprint density at radius 3 is 0.741 bits per heavy atom. The molecule has 0 bridgehead atoms. The van der Waals surface area contributed by atoms with Crippen molar-refractivity contribution in [2.75, 3.05) is 0 Å². The third kappa shape index (κ3) is 4.43. The lowest BCUT2D eigenvalue weighted by Gasteiger charge is -2.44. The molecule has 0 aliphatic rings. The van der Waals surface area contributed by atoms with Crippen LogP contribution >= 0.6 is 0 Å². The van der Waals surface area contributed by atoms with E-state index in [0.29, 0.717) is 0 Å². The Balaban J connectivity index is 7.39. The first-order valence-electron chi connectivity index (χ1n) is 5.64. The van der Waals surface area contributed by atoms with Gasteiger partial charge in [-0.1, -0.05) is 0 Å². The van der Waals surface area contributed by atoms with Crippen molar-refractivity contribution in [2.45, 2.75) is 42.5 Å². The molecule has 0 aromatic heterocycles. The largest absolute Gasteiger partial charge is 0.453 e. The van der Waals surface area contributed by atoms with Crippen LogP contribution in [0.25, 0.3) is 0 Å². The Kier molecular flexibility index (Phi) is 6.08. The molecule has 164 valence electrons. The maximum absolute atomic E-state index is 13.6. The average Bonchev–Trinajstić information content (AvgIpc) is 2.26. The van der Waals surface area contributed by atoms with Gasteiger partial charge in [0.25, 0.3) is 0 Å². The lowest BCUT2D eigenvalue weighted by atomic mass is 9.72. The predicted octanol–water partition coefficient (Wildman–Crippen LogP) is 6.37. The molecule has 0 aromatic carbocycles. The van der Waals surface area contributed by atoms with Crippen molar-refractivity contribution in [2.24, 2.45) is 11.8 Å². The highest BCUT2D eigenvalue weighted by Gasteiger charge is 2.88. The standard InChI is InChI=1S/C9H2F18/c10-3(7(19,20)21,8(22,23)24)1(4(11,12)9(25,26)27)2(5(13,14)15)6(16,17)18/h1-2H. The monoisotopic (exact) mass is 452 g/mol. The van der Waals surface area contributed by atoms with E-state index >= 15 is 0 Å². The highest BCUT2D eigenvalue weighted by molar-refractivity contribution is 5.11. The van der Waals surface area contributed by atoms with Crippen LogP contribution in [0, 0.1) is 11.8 Å². The van der Waals surface area contributed by atoms with Gasteiger partial charge in [-0.2, -0.15) is 74.6 Å². The maximum Gasteiger partial charge on any atom is 0.453 e. The van der Waals surface area contributed by atoms with E-state index in [9.17, 15) is 79.0 Å². The van der Waals surface area contributed by atoms with E-state index in [-0.39, 0.29) is 0 Å². The normalized spacial score (nSPS) is 17.4. The number of rotatable bonds is 3. The Hall–Kier alpha value is -1.26. The Morgan fingerprint density at radius 2 is 0.593 bits per heavy atom. The first-order chi connectivity index (χ1) is 11.2. The summed E-state index contributed by atoms with van der Waals surface area (Å²) >= 11 is 0. The minimum atomic E-state index is -8.24. The molecule has 0 saturated carbocycles. The van der Waals surface area contributed by atoms with Gasteiger partial charge in [0.15, 0.2) is 5.92 Å². The number of halogens is 18. The molecule has 0 nitrogen and oxygen atoms in total. The molecule has 0 amide bonds. The molecule has 1 atom stereocenters. The van der Waals surface area contributed by atoms with Gasteiger partial charge < -0.3 is 0 Å². The molecule has 1 unspecified atom stereocenters. The Labute approximate surface area is 135 Å². The van der Waals surface area contributed by atoms with Gasteiger partial charge in [-0.15, -0.1) is 0 Å². The van der Waals surface area contributed by atoms with Gasteiger partial charge in [-0.05, 0) is 0 Å². The fourth-order valence-electron chi connectivity index (χ4n) is 1.94. The predicted molar refractivity (Wildman–Crippen MR) is 46.0 cm³/mol. The van der Waals surface area contributed by atoms with Crippen LogP contribution in [0.1, 0.15) is 0 Å². The smallest absolute Gasteiger partial charge is 0.223 e. The summed E-state index contributed by atoms with van der Waals surface area (Å²) in [6.07, 6.45) is -39.2. The Bertz CT molecular complexity index is 479. The molecular formula is C9H2F18. The van der Waals surface area contributed by atoms with Crippen molar-refractivity contribution in [3.8, 4) is 0 Å². The highest BCUT2D eigenvalue weighted by Crippen LogP contribution is 2.64. The molecule has 0 fully saturated rings. The number of hydrogen-bond donors (Lipinski definition) is 0. The van der Waals surface area contributed by atoms with E-state index in [2.05, 4.69) is 0 Å². The fraction of sp³-hybridized carbons (Fsp3) is 1.00. The lowest BCUT2D eigenvalue weighted by molar-refractivity contribution is -0.435. The molecule has 0 aromatic rings. The second-order valence-electron chi connectivity index (χ2n) is 4.87. The topological polar surface area (TPSA) is 0 Å². The molecule has 0 aliphatic heterocycles. The van der Waals surface area contributed by atoms with Gasteiger partial charge >= 0.3 is 42.5 Å². The van der Waals surface area contributed by atoms with Crippen LogP contribution in [-0.4, -0.2) is 42.5 Å². The zero-order valence-corrected chi connectivity index (χ0v) is 11.5. The van der Waals surface area contributed by atoms with Crippen molar-refractivity contribution in [1.82, 2.24) is 0 Å². The van der Waals surface area contributed by atoms with Gasteiger partial charge in [-0.25, -0.2) is 4.39 Å². The van der Waals surface area contributed by atoms with Gasteiger partial charge in [-0.3, -0.25) is 0 Å². The summed E-state index contributed by atoms with van der Waals surface area (Å²) in [6, 6.07) is 0. The van der Waals surface area contributed by atoms with Crippen LogP contribution < -0.4 is 0 Å². The molecule has 0 radical (unpaired) electrons. The molecular weight excluding hydrogens is 450 g/mol. The molecule has 0 saturated heterocycles. The van der Waals surface area contributed by atoms with E-state index < -0.39 is 54.3 Å². The van der Waals surface area contributed by atoms with E-state index in [1.54, 1.807) is 0 Å². The summed E-state index contributed by atoms with van der Waals surface area (Å²) in [4.78, 5) is 0. The Morgan fingerprint density at radius 1 is 0.333 bits per heavy atom. The number of alkyl halides is 18. The molecule has 0 N–H and O–H groups in total. The summed E-state index contributed by atoms with van der Waals surface area (Å²) < 4.78 is 225. The van der Waals surface area contributed by atoms with Crippen molar-refractivity contribution in [1.29, 1.82) is 0 Å². The van der Waals surface area contributed by atoms with Gasteiger partial charge in [0.2, 0.25) is 0 Å². The molecule has 0 heterocycles. The molecule has 18 heteroatoms. The fourth-order valence-corrected chi connectivity index (χ4v) is 1.94. The second-order valence-corrected chi connectivity index (χ2v) is 4.87. The van der Waals surface area contributed by atoms with E-state index in [0.717, 1.165) is 0 Å². The SMILES string of the molecule is FC(F)(F)C(C(C(F)(F)C(F)(F)F)C(F)(C(F)(F)F)C(F)(F)F)C(F)(F)F. The summed E-state index contributed by atoms with van der Waals surface area (Å²) in [5.41, 5.74) is -8.24. The zero-order chi connectivity index (χ0) is 22.7. The second kappa shape index (κ2) is 6.38. The van der Waals surface area contributed by atoms with Gasteiger partial charge in [0.1, 0.15) is 5.92 Å². The van der Waals surface area contributed by atoms with E-state index in [1.807, 2.05) is 0 Å². The molecule has 0 aliphatic carbocycles. The van der Waals surface area contributed by atoms with Crippen molar-refractivity contribution in [3.05, 3.63) is 0 Å². The van der Waals surface area contributed by atoms with Gasteiger partial charge in [0.05, 0.1) is 0 Å². The van der Waals surface area contributed by atoms with Crippen molar-refractivity contribution in [3.63, 3.8) is 0 Å². The summed E-state index contributed by atoms with van der Waals surface area (Å²) in [5, 5.41) is 0. The third-order valence-electron chi connectivity index (χ3n) is 3.06. The average molecular weight is 452 g/mol. The quantitative estimate of drug-likeness (QED) is 0.437. The van der Waals surface area contributed by atoms with Crippen LogP contribution in [-0.2, 0) is 0 Å². The first-order valence-corrected chi connectivity index (χ1v) is 5.64. The van der Waals surface area contributed by atoms with E-state index in [4.69, 9.17) is 0 Å². The minimum Gasteiger partial charge on any atom is -0.223 e. The summed E-state index contributed by atoms with van der Waals surface area (Å²) in [7, 11) is 0. The van der Waals surface area contributed by atoms with Crippen LogP contribution in [0.2, 0.25) is 0 Å². The van der Waals surface area contributed by atoms with E-state index in [1.165, 1.54) is 0 Å². The van der Waals surface area contributed by atoms with Crippen LogP contribution in [0.4, 0.5) is 79.0 Å². The summed E-state index contributed by atoms with van der Waals surface area (Å²) in [5.74, 6) is -21.8. The maximum atomic E-state index is 13.6. The first kappa shape index (κ1) is 25.7. The molecule has 27 heavy (non-hydrogen) atoms. The lowest BCUT2D eigenvalue weighted by Crippen LogP contribution is -2.70. The van der Waals surface area contributed by atoms with Crippen LogP contribution in [0.15, 0.2) is 0 Å². The van der Waals surface area contributed by atoms with Crippen molar-refractivity contribution < 1.29 is 79.0 Å². The minimum absolute atomic E-state index is 6.69. The van der Waals surface area contributed by atoms with Gasteiger partial charge in [0, 0.05) is 0 Å². The molecule has 0 spiro atoms. The highest BCUT2D eigenvalue weighted by atomic mass is 19.4. The third-order valence-corrected chi connectivity index (χ3v) is 3.06. The van der Waals surface area contributed by atoms with Crippen LogP contribution in [0.5, 0.6) is 0 Å². The molecule has 0 rings (SSSR count). The van der Waals surface area contributed by atoms with Crippen LogP contribution in [0.3, 0.4) is 0 Å². The van der Waals surface area contributed by atoms with Crippen molar-refractivity contribution >= 4 is 0 Å². The zero-order valence-electron chi connectivity index (χ0n) is 11.5. The summed E-state index contributed by atoms with van der Waals surface area (Å²) in [6.45, 7) is 0.